The zero-order valence-corrected chi connectivity index (χ0v) is 19.5. The summed E-state index contributed by atoms with van der Waals surface area (Å²) >= 11 is 5.78. The SMILES string of the molecule is CC(C)C(=NC#N)N1CC(F)(c2ccc(C3=NOC(c4cc(F)cc(Cl)c4)(C(F)(F)F)C3)cc2)C1. The summed E-state index contributed by atoms with van der Waals surface area (Å²) in [5.41, 5.74) is -4.43. The second kappa shape index (κ2) is 8.79. The van der Waals surface area contributed by atoms with E-state index < -0.39 is 35.2 Å². The molecule has 4 rings (SSSR count). The number of halogens is 6. The van der Waals surface area contributed by atoms with Crippen molar-refractivity contribution in [3.8, 4) is 6.19 Å². The average Bonchev–Trinajstić information content (AvgIpc) is 3.22. The first-order valence-corrected chi connectivity index (χ1v) is 11.1. The third-order valence-electron chi connectivity index (χ3n) is 6.14. The fourth-order valence-corrected chi connectivity index (χ4v) is 4.55. The van der Waals surface area contributed by atoms with Crippen LogP contribution in [-0.2, 0) is 16.1 Å². The molecule has 0 N–H and O–H groups in total. The molecule has 0 amide bonds. The molecule has 11 heteroatoms. The van der Waals surface area contributed by atoms with Gasteiger partial charge in [-0.2, -0.15) is 23.4 Å². The highest BCUT2D eigenvalue weighted by molar-refractivity contribution is 6.30. The molecule has 0 saturated carbocycles. The Balaban J connectivity index is 1.54. The third-order valence-corrected chi connectivity index (χ3v) is 6.36. The molecule has 0 aromatic heterocycles. The summed E-state index contributed by atoms with van der Waals surface area (Å²) in [7, 11) is 0. The number of oxime groups is 1. The number of alkyl halides is 4. The quantitative estimate of drug-likeness (QED) is 0.217. The van der Waals surface area contributed by atoms with Crippen molar-refractivity contribution in [2.75, 3.05) is 13.1 Å². The molecule has 1 saturated heterocycles. The summed E-state index contributed by atoms with van der Waals surface area (Å²) < 4.78 is 71.5. The van der Waals surface area contributed by atoms with Crippen LogP contribution < -0.4 is 0 Å². The van der Waals surface area contributed by atoms with Crippen LogP contribution in [0.3, 0.4) is 0 Å². The maximum Gasteiger partial charge on any atom is 0.435 e. The Kier molecular flexibility index (Phi) is 6.26. The van der Waals surface area contributed by atoms with Crippen molar-refractivity contribution in [3.05, 3.63) is 70.0 Å². The first-order valence-electron chi connectivity index (χ1n) is 10.7. The number of nitriles is 1. The van der Waals surface area contributed by atoms with Crippen molar-refractivity contribution in [1.29, 1.82) is 5.26 Å². The summed E-state index contributed by atoms with van der Waals surface area (Å²) in [6.45, 7) is 3.72. The molecule has 1 unspecified atom stereocenters. The molecule has 5 nitrogen and oxygen atoms in total. The van der Waals surface area contributed by atoms with Crippen LogP contribution >= 0.6 is 11.6 Å². The van der Waals surface area contributed by atoms with Gasteiger partial charge in [0, 0.05) is 22.9 Å². The maximum atomic E-state index is 15.4. The van der Waals surface area contributed by atoms with Crippen LogP contribution in [0.2, 0.25) is 5.02 Å². The lowest BCUT2D eigenvalue weighted by atomic mass is 9.84. The summed E-state index contributed by atoms with van der Waals surface area (Å²) in [4.78, 5) is 10.3. The van der Waals surface area contributed by atoms with Crippen LogP contribution in [0.15, 0.2) is 52.6 Å². The molecule has 184 valence electrons. The lowest BCUT2D eigenvalue weighted by Gasteiger charge is -2.47. The molecule has 1 fully saturated rings. The van der Waals surface area contributed by atoms with Crippen LogP contribution in [0.25, 0.3) is 0 Å². The normalized spacial score (nSPS) is 21.9. The Morgan fingerprint density at radius 3 is 2.37 bits per heavy atom. The van der Waals surface area contributed by atoms with Gasteiger partial charge in [-0.1, -0.05) is 54.9 Å². The number of likely N-dealkylation sites (tertiary alicyclic amines) is 1. The van der Waals surface area contributed by atoms with Crippen molar-refractivity contribution in [1.82, 2.24) is 4.90 Å². The maximum absolute atomic E-state index is 15.4. The summed E-state index contributed by atoms with van der Waals surface area (Å²) in [5, 5.41) is 12.3. The van der Waals surface area contributed by atoms with E-state index in [0.717, 1.165) is 18.2 Å². The van der Waals surface area contributed by atoms with E-state index in [9.17, 15) is 17.6 Å². The van der Waals surface area contributed by atoms with E-state index in [-0.39, 0.29) is 29.7 Å². The minimum atomic E-state index is -4.91. The van der Waals surface area contributed by atoms with Gasteiger partial charge in [-0.15, -0.1) is 0 Å². The number of hydrogen-bond acceptors (Lipinski definition) is 4. The minimum Gasteiger partial charge on any atom is -0.374 e. The van der Waals surface area contributed by atoms with Crippen molar-refractivity contribution >= 4 is 23.1 Å². The monoisotopic (exact) mass is 510 g/mol. The van der Waals surface area contributed by atoms with Crippen molar-refractivity contribution in [2.45, 2.75) is 37.7 Å². The van der Waals surface area contributed by atoms with Crippen LogP contribution in [0.4, 0.5) is 22.0 Å². The Bertz CT molecular complexity index is 1210. The van der Waals surface area contributed by atoms with Gasteiger partial charge in [0.2, 0.25) is 6.19 Å². The Hall–Kier alpha value is -3.19. The van der Waals surface area contributed by atoms with Gasteiger partial charge in [-0.05, 0) is 29.3 Å². The lowest BCUT2D eigenvalue weighted by Crippen LogP contribution is -2.59. The van der Waals surface area contributed by atoms with Crippen molar-refractivity contribution < 1.29 is 26.8 Å². The standard InChI is InChI=1S/C24H20ClF5N4O/c1-14(2)21(32-13-31)34-11-22(27,12-34)16-5-3-15(4-6-16)20-10-23(35-33-20,24(28,29)30)17-7-18(25)9-19(26)8-17/h3-9,14H,10-12H2,1-2H3. The average molecular weight is 511 g/mol. The summed E-state index contributed by atoms with van der Waals surface area (Å²) in [6, 6.07) is 8.53. The van der Waals surface area contributed by atoms with Crippen LogP contribution in [0.1, 0.15) is 37.0 Å². The number of amidine groups is 1. The molecule has 0 radical (unpaired) electrons. The molecule has 0 spiro atoms. The van der Waals surface area contributed by atoms with E-state index in [1.54, 1.807) is 11.1 Å². The minimum absolute atomic E-state index is 0.00656. The van der Waals surface area contributed by atoms with Gasteiger partial charge < -0.3 is 9.74 Å². The number of nitrogens with zero attached hydrogens (tertiary/aromatic N) is 4. The van der Waals surface area contributed by atoms with E-state index in [0.29, 0.717) is 17.0 Å². The van der Waals surface area contributed by atoms with E-state index in [2.05, 4.69) is 10.1 Å². The molecule has 1 atom stereocenters. The van der Waals surface area contributed by atoms with Crippen LogP contribution in [0.5, 0.6) is 0 Å². The zero-order chi connectivity index (χ0) is 25.6. The Labute approximate surface area is 203 Å². The van der Waals surface area contributed by atoms with Crippen molar-refractivity contribution in [2.24, 2.45) is 16.1 Å². The molecule has 2 aliphatic heterocycles. The van der Waals surface area contributed by atoms with Crippen LogP contribution in [0, 0.1) is 23.2 Å². The van der Waals surface area contributed by atoms with E-state index >= 15 is 4.39 Å². The zero-order valence-electron chi connectivity index (χ0n) is 18.7. The highest BCUT2D eigenvalue weighted by atomic mass is 35.5. The highest BCUT2D eigenvalue weighted by Gasteiger charge is 2.62. The van der Waals surface area contributed by atoms with Gasteiger partial charge in [0.05, 0.1) is 18.8 Å². The van der Waals surface area contributed by atoms with Gasteiger partial charge in [0.15, 0.2) is 5.67 Å². The van der Waals surface area contributed by atoms with Gasteiger partial charge >= 0.3 is 6.18 Å². The third kappa shape index (κ3) is 4.45. The highest BCUT2D eigenvalue weighted by Crippen LogP contribution is 2.49. The Morgan fingerprint density at radius 2 is 1.83 bits per heavy atom. The number of rotatable bonds is 4. The Morgan fingerprint density at radius 1 is 1.17 bits per heavy atom. The molecule has 35 heavy (non-hydrogen) atoms. The molecule has 2 aromatic rings. The second-order valence-corrected chi connectivity index (χ2v) is 9.35. The van der Waals surface area contributed by atoms with Gasteiger partial charge in [0.25, 0.3) is 5.60 Å². The smallest absolute Gasteiger partial charge is 0.374 e. The number of hydrogen-bond donors (Lipinski definition) is 0. The van der Waals surface area contributed by atoms with Gasteiger partial charge in [-0.3, -0.25) is 0 Å². The molecular formula is C24H20ClF5N4O. The van der Waals surface area contributed by atoms with E-state index in [4.69, 9.17) is 21.7 Å². The fourth-order valence-electron chi connectivity index (χ4n) is 4.33. The number of aliphatic imine (C=N–C) groups is 1. The summed E-state index contributed by atoms with van der Waals surface area (Å²) in [6.07, 6.45) is -3.88. The van der Waals surface area contributed by atoms with Gasteiger partial charge in [0.1, 0.15) is 11.7 Å². The second-order valence-electron chi connectivity index (χ2n) is 8.91. The first kappa shape index (κ1) is 24.9. The topological polar surface area (TPSA) is 61.0 Å². The number of benzene rings is 2. The lowest BCUT2D eigenvalue weighted by molar-refractivity contribution is -0.275. The first-order chi connectivity index (χ1) is 16.4. The molecule has 2 aliphatic rings. The predicted molar refractivity (Wildman–Crippen MR) is 120 cm³/mol. The van der Waals surface area contributed by atoms with E-state index in [1.807, 2.05) is 13.8 Å². The van der Waals surface area contributed by atoms with Crippen molar-refractivity contribution in [3.63, 3.8) is 0 Å². The van der Waals surface area contributed by atoms with Crippen LogP contribution in [-0.4, -0.2) is 35.7 Å². The summed E-state index contributed by atoms with van der Waals surface area (Å²) in [5.74, 6) is -0.486. The van der Waals surface area contributed by atoms with E-state index in [1.165, 1.54) is 24.3 Å². The molecular weight excluding hydrogens is 491 g/mol. The largest absolute Gasteiger partial charge is 0.435 e. The molecule has 2 aromatic carbocycles. The fraction of sp³-hybridized carbons (Fsp3) is 0.375. The molecule has 0 aliphatic carbocycles. The predicted octanol–water partition coefficient (Wildman–Crippen LogP) is 6.08. The molecule has 2 heterocycles. The van der Waals surface area contributed by atoms with Gasteiger partial charge in [-0.25, -0.2) is 8.78 Å². The molecule has 0 bridgehead atoms.